The van der Waals surface area contributed by atoms with Crippen LogP contribution in [-0.4, -0.2) is 30.3 Å². The molecule has 7 heteroatoms. The van der Waals surface area contributed by atoms with Crippen molar-refractivity contribution in [3.63, 3.8) is 0 Å². The molecule has 29 heavy (non-hydrogen) atoms. The summed E-state index contributed by atoms with van der Waals surface area (Å²) >= 11 is 6.10. The third kappa shape index (κ3) is 2.04. The lowest BCUT2D eigenvalue weighted by Crippen LogP contribution is -2.53. The summed E-state index contributed by atoms with van der Waals surface area (Å²) in [7, 11) is 1.65. The molecule has 3 aromatic rings. The lowest BCUT2D eigenvalue weighted by atomic mass is 9.84. The molecular weight excluding hydrogens is 392 g/mol. The zero-order valence-corrected chi connectivity index (χ0v) is 16.6. The van der Waals surface area contributed by atoms with Gasteiger partial charge in [0.1, 0.15) is 5.58 Å². The molecule has 2 aliphatic rings. The van der Waals surface area contributed by atoms with Gasteiger partial charge in [-0.2, -0.15) is 0 Å². The van der Waals surface area contributed by atoms with Crippen LogP contribution in [0.25, 0.3) is 11.0 Å². The molecule has 1 spiro atoms. The van der Waals surface area contributed by atoms with E-state index < -0.39 is 16.9 Å². The topological polar surface area (TPSA) is 70.8 Å². The number of fused-ring (bicyclic) bond motifs is 5. The molecule has 0 saturated carbocycles. The van der Waals surface area contributed by atoms with E-state index in [1.807, 2.05) is 19.1 Å². The maximum atomic E-state index is 13.7. The van der Waals surface area contributed by atoms with Crippen molar-refractivity contribution in [3.8, 4) is 0 Å². The lowest BCUT2D eigenvalue weighted by Gasteiger charge is -2.33. The van der Waals surface area contributed by atoms with Crippen molar-refractivity contribution in [2.24, 2.45) is 0 Å². The first kappa shape index (κ1) is 17.9. The lowest BCUT2D eigenvalue weighted by molar-refractivity contribution is -0.125. The second-order valence-electron chi connectivity index (χ2n) is 7.32. The van der Waals surface area contributed by atoms with Crippen LogP contribution in [-0.2, 0) is 10.3 Å². The molecule has 3 heterocycles. The number of amides is 2. The highest BCUT2D eigenvalue weighted by Crippen LogP contribution is 2.52. The molecule has 5 rings (SSSR count). The predicted molar refractivity (Wildman–Crippen MR) is 109 cm³/mol. The zero-order chi connectivity index (χ0) is 20.5. The van der Waals surface area contributed by atoms with Crippen LogP contribution in [0.5, 0.6) is 0 Å². The SMILES string of the molecule is CCCN1C(=O)c2oc3ccc(Cl)cc3c(=O)c2C12C(=O)N(C)c1ccccc12. The minimum Gasteiger partial charge on any atom is -0.450 e. The van der Waals surface area contributed by atoms with E-state index in [0.29, 0.717) is 29.2 Å². The van der Waals surface area contributed by atoms with Gasteiger partial charge in [0.25, 0.3) is 11.8 Å². The summed E-state index contributed by atoms with van der Waals surface area (Å²) in [5, 5.41) is 0.630. The highest BCUT2D eigenvalue weighted by atomic mass is 35.5. The van der Waals surface area contributed by atoms with Crippen LogP contribution >= 0.6 is 11.6 Å². The van der Waals surface area contributed by atoms with Crippen LogP contribution in [0.15, 0.2) is 51.7 Å². The highest BCUT2D eigenvalue weighted by Gasteiger charge is 2.64. The Labute approximate surface area is 171 Å². The van der Waals surface area contributed by atoms with E-state index in [1.54, 1.807) is 31.3 Å². The molecule has 6 nitrogen and oxygen atoms in total. The molecule has 1 unspecified atom stereocenters. The van der Waals surface area contributed by atoms with Gasteiger partial charge in [-0.3, -0.25) is 14.4 Å². The van der Waals surface area contributed by atoms with Gasteiger partial charge in [-0.15, -0.1) is 0 Å². The van der Waals surface area contributed by atoms with Crippen molar-refractivity contribution < 1.29 is 14.0 Å². The molecule has 0 radical (unpaired) electrons. The van der Waals surface area contributed by atoms with Crippen LogP contribution in [0.3, 0.4) is 0 Å². The summed E-state index contributed by atoms with van der Waals surface area (Å²) in [6.45, 7) is 2.23. The fraction of sp³-hybridized carbons (Fsp3) is 0.227. The third-order valence-electron chi connectivity index (χ3n) is 5.78. The number of benzene rings is 2. The number of anilines is 1. The third-order valence-corrected chi connectivity index (χ3v) is 6.01. The van der Waals surface area contributed by atoms with E-state index >= 15 is 0 Å². The first-order chi connectivity index (χ1) is 13.9. The normalized spacial score (nSPS) is 20.1. The Bertz CT molecular complexity index is 1280. The molecular formula is C22H17ClN2O4. The minimum absolute atomic E-state index is 0.0725. The average Bonchev–Trinajstić information content (AvgIpc) is 3.09. The van der Waals surface area contributed by atoms with Crippen LogP contribution in [0, 0.1) is 0 Å². The maximum absolute atomic E-state index is 13.7. The Hall–Kier alpha value is -3.12. The number of carbonyl (C=O) groups excluding carboxylic acids is 2. The van der Waals surface area contributed by atoms with Gasteiger partial charge in [-0.05, 0) is 30.7 Å². The summed E-state index contributed by atoms with van der Waals surface area (Å²) < 4.78 is 5.89. The number of hydrogen-bond donors (Lipinski definition) is 0. The Morgan fingerprint density at radius 1 is 1.10 bits per heavy atom. The van der Waals surface area contributed by atoms with Crippen molar-refractivity contribution in [3.05, 3.63) is 74.6 Å². The molecule has 1 atom stereocenters. The summed E-state index contributed by atoms with van der Waals surface area (Å²) in [5.74, 6) is -0.862. The quantitative estimate of drug-likeness (QED) is 0.650. The van der Waals surface area contributed by atoms with Gasteiger partial charge in [0.15, 0.2) is 11.0 Å². The fourth-order valence-electron chi connectivity index (χ4n) is 4.59. The number of para-hydroxylation sites is 1. The minimum atomic E-state index is -1.52. The van der Waals surface area contributed by atoms with E-state index in [1.165, 1.54) is 15.9 Å². The second kappa shape index (κ2) is 5.94. The summed E-state index contributed by atoms with van der Waals surface area (Å²) in [6.07, 6.45) is 0.625. The van der Waals surface area contributed by atoms with Gasteiger partial charge >= 0.3 is 0 Å². The number of rotatable bonds is 2. The summed E-state index contributed by atoms with van der Waals surface area (Å²) in [4.78, 5) is 43.6. The second-order valence-corrected chi connectivity index (χ2v) is 7.76. The molecule has 146 valence electrons. The largest absolute Gasteiger partial charge is 0.450 e. The van der Waals surface area contributed by atoms with Gasteiger partial charge in [0.05, 0.1) is 10.9 Å². The Balaban J connectivity index is 1.96. The monoisotopic (exact) mass is 408 g/mol. The zero-order valence-electron chi connectivity index (χ0n) is 15.9. The Morgan fingerprint density at radius 3 is 2.62 bits per heavy atom. The standard InChI is InChI=1S/C22H17ClN2O4/c1-3-10-25-20(27)19-17(18(26)13-11-12(23)8-9-16(13)29-19)22(25)14-6-4-5-7-15(14)24(2)21(22)28/h4-9,11H,3,10H2,1-2H3. The van der Waals surface area contributed by atoms with Gasteiger partial charge in [-0.1, -0.05) is 36.7 Å². The van der Waals surface area contributed by atoms with Gasteiger partial charge in [0.2, 0.25) is 5.76 Å². The van der Waals surface area contributed by atoms with Crippen molar-refractivity contribution >= 4 is 40.1 Å². The number of halogens is 1. The predicted octanol–water partition coefficient (Wildman–Crippen LogP) is 3.53. The highest BCUT2D eigenvalue weighted by molar-refractivity contribution is 6.31. The van der Waals surface area contributed by atoms with Gasteiger partial charge in [0, 0.05) is 29.9 Å². The van der Waals surface area contributed by atoms with Crippen LogP contribution in [0.4, 0.5) is 5.69 Å². The first-order valence-corrected chi connectivity index (χ1v) is 9.77. The molecule has 0 saturated heterocycles. The first-order valence-electron chi connectivity index (χ1n) is 9.39. The van der Waals surface area contributed by atoms with Gasteiger partial charge in [-0.25, -0.2) is 0 Å². The molecule has 1 aromatic heterocycles. The Kier molecular flexibility index (Phi) is 3.67. The van der Waals surface area contributed by atoms with Crippen LogP contribution in [0.1, 0.15) is 35.0 Å². The van der Waals surface area contributed by atoms with E-state index in [-0.39, 0.29) is 28.2 Å². The molecule has 0 bridgehead atoms. The average molecular weight is 409 g/mol. The van der Waals surface area contributed by atoms with Crippen molar-refractivity contribution in [1.29, 1.82) is 0 Å². The maximum Gasteiger partial charge on any atom is 0.291 e. The van der Waals surface area contributed by atoms with Gasteiger partial charge < -0.3 is 14.2 Å². The number of nitrogens with zero attached hydrogens (tertiary/aromatic N) is 2. The molecule has 2 aromatic carbocycles. The molecule has 0 aliphatic carbocycles. The Morgan fingerprint density at radius 2 is 1.86 bits per heavy atom. The number of hydrogen-bond acceptors (Lipinski definition) is 4. The molecule has 0 fully saturated rings. The van der Waals surface area contributed by atoms with E-state index in [0.717, 1.165) is 0 Å². The van der Waals surface area contributed by atoms with Crippen molar-refractivity contribution in [1.82, 2.24) is 4.90 Å². The van der Waals surface area contributed by atoms with Crippen molar-refractivity contribution in [2.45, 2.75) is 18.9 Å². The smallest absolute Gasteiger partial charge is 0.291 e. The molecule has 0 N–H and O–H groups in total. The van der Waals surface area contributed by atoms with Crippen molar-refractivity contribution in [2.75, 3.05) is 18.5 Å². The number of carbonyl (C=O) groups is 2. The molecule has 2 amide bonds. The van der Waals surface area contributed by atoms with E-state index in [9.17, 15) is 14.4 Å². The fourth-order valence-corrected chi connectivity index (χ4v) is 4.76. The summed E-state index contributed by atoms with van der Waals surface area (Å²) in [5.41, 5.74) is -0.300. The van der Waals surface area contributed by atoms with E-state index in [2.05, 4.69) is 0 Å². The summed E-state index contributed by atoms with van der Waals surface area (Å²) in [6, 6.07) is 11.9. The number of likely N-dealkylation sites (N-methyl/N-ethyl adjacent to an activating group) is 1. The van der Waals surface area contributed by atoms with E-state index in [4.69, 9.17) is 16.0 Å². The molecule has 2 aliphatic heterocycles. The van der Waals surface area contributed by atoms with Crippen LogP contribution in [0.2, 0.25) is 5.02 Å². The van der Waals surface area contributed by atoms with Crippen LogP contribution < -0.4 is 10.3 Å².